The zero-order chi connectivity index (χ0) is 20.2. The van der Waals surface area contributed by atoms with Gasteiger partial charge < -0.3 is 19.9 Å². The summed E-state index contributed by atoms with van der Waals surface area (Å²) in [5.74, 6) is 1.87. The van der Waals surface area contributed by atoms with Crippen molar-refractivity contribution in [3.63, 3.8) is 0 Å². The number of phenolic OH excluding ortho intramolecular Hbond substituents is 1. The van der Waals surface area contributed by atoms with Gasteiger partial charge in [-0.3, -0.25) is 4.68 Å². The number of nitrogens with one attached hydrogen (secondary N) is 1. The van der Waals surface area contributed by atoms with Crippen molar-refractivity contribution in [2.45, 2.75) is 32.4 Å². The number of rotatable bonds is 6. The molecule has 1 atom stereocenters. The van der Waals surface area contributed by atoms with Crippen LogP contribution in [0.15, 0.2) is 48.7 Å². The van der Waals surface area contributed by atoms with Gasteiger partial charge in [0.15, 0.2) is 11.5 Å². The van der Waals surface area contributed by atoms with E-state index < -0.39 is 0 Å². The summed E-state index contributed by atoms with van der Waals surface area (Å²) in [7, 11) is 1.94. The van der Waals surface area contributed by atoms with Crippen molar-refractivity contribution in [2.24, 2.45) is 7.05 Å². The second kappa shape index (κ2) is 8.57. The molecular formula is C23H27N3O3. The molecule has 3 aromatic rings. The van der Waals surface area contributed by atoms with Gasteiger partial charge in [0.2, 0.25) is 0 Å². The van der Waals surface area contributed by atoms with Crippen LogP contribution in [-0.4, -0.2) is 34.1 Å². The molecule has 1 aliphatic rings. The summed E-state index contributed by atoms with van der Waals surface area (Å²) < 4.78 is 13.4. The first-order valence-electron chi connectivity index (χ1n) is 10.0. The fourth-order valence-electron chi connectivity index (χ4n) is 3.56. The lowest BCUT2D eigenvalue weighted by Gasteiger charge is -2.14. The normalized spacial score (nSPS) is 14.4. The maximum atomic E-state index is 9.43. The van der Waals surface area contributed by atoms with Gasteiger partial charge in [0.25, 0.3) is 0 Å². The second-order valence-electron chi connectivity index (χ2n) is 7.54. The number of ether oxygens (including phenoxy) is 2. The molecule has 0 radical (unpaired) electrons. The van der Waals surface area contributed by atoms with Crippen molar-refractivity contribution >= 4 is 0 Å². The fraction of sp³-hybridized carbons (Fsp3) is 0.348. The molecule has 0 fully saturated rings. The van der Waals surface area contributed by atoms with E-state index in [1.54, 1.807) is 12.1 Å². The third kappa shape index (κ3) is 4.71. The molecule has 0 bridgehead atoms. The van der Waals surface area contributed by atoms with E-state index in [4.69, 9.17) is 9.47 Å². The van der Waals surface area contributed by atoms with E-state index in [9.17, 15) is 5.11 Å². The summed E-state index contributed by atoms with van der Waals surface area (Å²) in [5, 5.41) is 17.7. The Morgan fingerprint density at radius 3 is 2.66 bits per heavy atom. The van der Waals surface area contributed by atoms with Crippen LogP contribution in [0.5, 0.6) is 17.2 Å². The van der Waals surface area contributed by atoms with Crippen molar-refractivity contribution in [3.05, 3.63) is 59.8 Å². The Kier molecular flexibility index (Phi) is 5.71. The highest BCUT2D eigenvalue weighted by Gasteiger charge is 2.16. The smallest absolute Gasteiger partial charge is 0.161 e. The molecule has 0 aliphatic carbocycles. The van der Waals surface area contributed by atoms with E-state index in [0.29, 0.717) is 19.0 Å². The van der Waals surface area contributed by atoms with Gasteiger partial charge in [-0.2, -0.15) is 5.10 Å². The average Bonchev–Trinajstić information content (AvgIpc) is 2.93. The molecule has 4 rings (SSSR count). The Morgan fingerprint density at radius 2 is 1.86 bits per heavy atom. The Balaban J connectivity index is 1.47. The van der Waals surface area contributed by atoms with Gasteiger partial charge in [-0.1, -0.05) is 12.1 Å². The summed E-state index contributed by atoms with van der Waals surface area (Å²) >= 11 is 0. The number of aromatic hydroxyl groups is 1. The minimum Gasteiger partial charge on any atom is -0.508 e. The van der Waals surface area contributed by atoms with Crippen LogP contribution in [0.25, 0.3) is 11.3 Å². The number of aromatic nitrogens is 2. The third-order valence-electron chi connectivity index (χ3n) is 5.04. The first-order chi connectivity index (χ1) is 14.1. The number of phenols is 1. The summed E-state index contributed by atoms with van der Waals surface area (Å²) in [6.07, 6.45) is 3.83. The van der Waals surface area contributed by atoms with Crippen molar-refractivity contribution in [2.75, 3.05) is 13.2 Å². The second-order valence-corrected chi connectivity index (χ2v) is 7.54. The Hall–Kier alpha value is -2.99. The third-order valence-corrected chi connectivity index (χ3v) is 5.04. The predicted molar refractivity (Wildman–Crippen MR) is 112 cm³/mol. The average molecular weight is 393 g/mol. The van der Waals surface area contributed by atoms with E-state index in [0.717, 1.165) is 47.7 Å². The zero-order valence-corrected chi connectivity index (χ0v) is 16.9. The molecule has 2 N–H and O–H groups in total. The van der Waals surface area contributed by atoms with Gasteiger partial charge >= 0.3 is 0 Å². The minimum absolute atomic E-state index is 0.288. The van der Waals surface area contributed by atoms with E-state index in [-0.39, 0.29) is 6.04 Å². The lowest BCUT2D eigenvalue weighted by Crippen LogP contribution is -2.27. The van der Waals surface area contributed by atoms with Crippen LogP contribution in [0.4, 0.5) is 0 Å². The Bertz CT molecular complexity index is 966. The first-order valence-corrected chi connectivity index (χ1v) is 10.0. The molecule has 29 heavy (non-hydrogen) atoms. The summed E-state index contributed by atoms with van der Waals surface area (Å²) in [4.78, 5) is 0. The highest BCUT2D eigenvalue weighted by Crippen LogP contribution is 2.34. The fourth-order valence-corrected chi connectivity index (χ4v) is 3.56. The topological polar surface area (TPSA) is 68.5 Å². The number of fused-ring (bicyclic) bond motifs is 1. The van der Waals surface area contributed by atoms with Crippen molar-refractivity contribution in [1.82, 2.24) is 15.1 Å². The van der Waals surface area contributed by atoms with E-state index in [1.807, 2.05) is 42.1 Å². The van der Waals surface area contributed by atoms with Crippen LogP contribution >= 0.6 is 0 Å². The molecule has 6 heteroatoms. The summed E-state index contributed by atoms with van der Waals surface area (Å²) in [5.41, 5.74) is 4.31. The lowest BCUT2D eigenvalue weighted by atomic mass is 10.1. The van der Waals surface area contributed by atoms with Gasteiger partial charge in [-0.05, 0) is 49.2 Å². The quantitative estimate of drug-likeness (QED) is 0.669. The predicted octanol–water partition coefficient (Wildman–Crippen LogP) is 3.67. The molecule has 0 saturated carbocycles. The molecule has 1 unspecified atom stereocenters. The van der Waals surface area contributed by atoms with Crippen LogP contribution in [0.2, 0.25) is 0 Å². The molecule has 2 aromatic carbocycles. The SMILES string of the molecule is CC(Cc1ccc(O)cc1)NCc1cn(C)nc1-c1ccc2c(c1)OCCCO2. The minimum atomic E-state index is 0.288. The number of hydrogen-bond acceptors (Lipinski definition) is 5. The van der Waals surface area contributed by atoms with Crippen molar-refractivity contribution in [1.29, 1.82) is 0 Å². The number of benzene rings is 2. The summed E-state index contributed by atoms with van der Waals surface area (Å²) in [6.45, 7) is 4.24. The van der Waals surface area contributed by atoms with Gasteiger partial charge in [-0.25, -0.2) is 0 Å². The molecule has 1 aromatic heterocycles. The van der Waals surface area contributed by atoms with Crippen molar-refractivity contribution in [3.8, 4) is 28.5 Å². The van der Waals surface area contributed by atoms with Crippen LogP contribution in [-0.2, 0) is 20.0 Å². The van der Waals surface area contributed by atoms with E-state index in [1.165, 1.54) is 5.56 Å². The first kappa shape index (κ1) is 19.3. The van der Waals surface area contributed by atoms with Crippen LogP contribution in [0, 0.1) is 0 Å². The molecule has 2 heterocycles. The molecule has 6 nitrogen and oxygen atoms in total. The number of nitrogens with zero attached hydrogens (tertiary/aromatic N) is 2. The van der Waals surface area contributed by atoms with Gasteiger partial charge in [-0.15, -0.1) is 0 Å². The summed E-state index contributed by atoms with van der Waals surface area (Å²) in [6, 6.07) is 13.7. The van der Waals surface area contributed by atoms with Gasteiger partial charge in [0.05, 0.1) is 18.9 Å². The van der Waals surface area contributed by atoms with Gasteiger partial charge in [0.1, 0.15) is 5.75 Å². The monoisotopic (exact) mass is 393 g/mol. The molecule has 0 saturated heterocycles. The Morgan fingerprint density at radius 1 is 1.10 bits per heavy atom. The molecule has 1 aliphatic heterocycles. The standard InChI is InChI=1S/C23H27N3O3/c1-16(12-17-4-7-20(27)8-5-17)24-14-19-15-26(2)25-23(19)18-6-9-21-22(13-18)29-11-3-10-28-21/h4-9,13,15-16,24,27H,3,10-12,14H2,1-2H3. The van der Waals surface area contributed by atoms with Gasteiger partial charge in [0, 0.05) is 43.4 Å². The molecule has 152 valence electrons. The number of aryl methyl sites for hydroxylation is 1. The molecule has 0 spiro atoms. The van der Waals surface area contributed by atoms with Crippen LogP contribution in [0.1, 0.15) is 24.5 Å². The lowest BCUT2D eigenvalue weighted by molar-refractivity contribution is 0.297. The van der Waals surface area contributed by atoms with E-state index in [2.05, 4.69) is 23.5 Å². The number of hydrogen-bond donors (Lipinski definition) is 2. The molecule has 0 amide bonds. The van der Waals surface area contributed by atoms with Crippen molar-refractivity contribution < 1.29 is 14.6 Å². The zero-order valence-electron chi connectivity index (χ0n) is 16.9. The maximum Gasteiger partial charge on any atom is 0.161 e. The van der Waals surface area contributed by atoms with Crippen LogP contribution < -0.4 is 14.8 Å². The van der Waals surface area contributed by atoms with E-state index >= 15 is 0 Å². The highest BCUT2D eigenvalue weighted by molar-refractivity contribution is 5.66. The molecular weight excluding hydrogens is 366 g/mol. The largest absolute Gasteiger partial charge is 0.508 e. The Labute approximate surface area is 171 Å². The van der Waals surface area contributed by atoms with Crippen LogP contribution in [0.3, 0.4) is 0 Å². The maximum absolute atomic E-state index is 9.43. The highest BCUT2D eigenvalue weighted by atomic mass is 16.5.